The van der Waals surface area contributed by atoms with Crippen LogP contribution in [0.3, 0.4) is 0 Å². The molecule has 0 unspecified atom stereocenters. The van der Waals surface area contributed by atoms with E-state index in [1.54, 1.807) is 44.2 Å². The summed E-state index contributed by atoms with van der Waals surface area (Å²) in [6.45, 7) is 3.65. The summed E-state index contributed by atoms with van der Waals surface area (Å²) >= 11 is 0. The van der Waals surface area contributed by atoms with Crippen molar-refractivity contribution in [1.29, 1.82) is 0 Å². The predicted molar refractivity (Wildman–Crippen MR) is 134 cm³/mol. The maximum Gasteiger partial charge on any atom is 0.335 e. The van der Waals surface area contributed by atoms with Crippen molar-refractivity contribution in [2.45, 2.75) is 26.4 Å². The van der Waals surface area contributed by atoms with Crippen LogP contribution in [0, 0.1) is 6.92 Å². The molecule has 3 aromatic heterocycles. The first-order valence-electron chi connectivity index (χ1n) is 11.6. The van der Waals surface area contributed by atoms with E-state index in [0.29, 0.717) is 22.6 Å². The molecule has 0 saturated heterocycles. The summed E-state index contributed by atoms with van der Waals surface area (Å²) in [5.41, 5.74) is 2.78. The number of carboxylic acid groups (broad SMARTS) is 1. The first kappa shape index (κ1) is 24.4. The number of carbonyl (C=O) groups excluding carboxylic acids is 2. The summed E-state index contributed by atoms with van der Waals surface area (Å²) in [7, 11) is 0. The Morgan fingerprint density at radius 1 is 1.05 bits per heavy atom. The summed E-state index contributed by atoms with van der Waals surface area (Å²) in [5, 5.41) is 24.9. The van der Waals surface area contributed by atoms with Crippen LogP contribution in [0.2, 0.25) is 0 Å². The third-order valence-electron chi connectivity index (χ3n) is 5.94. The van der Waals surface area contributed by atoms with Crippen molar-refractivity contribution in [1.82, 2.24) is 30.0 Å². The zero-order valence-electron chi connectivity index (χ0n) is 20.3. The van der Waals surface area contributed by atoms with Crippen LogP contribution in [0.25, 0.3) is 16.9 Å². The van der Waals surface area contributed by atoms with Crippen LogP contribution < -0.4 is 10.6 Å². The van der Waals surface area contributed by atoms with Crippen molar-refractivity contribution in [3.8, 4) is 5.88 Å². The van der Waals surface area contributed by atoms with E-state index >= 15 is 0 Å². The number of carboxylic acids is 1. The van der Waals surface area contributed by atoms with Crippen LogP contribution >= 0.6 is 0 Å². The molecule has 1 atom stereocenters. The Morgan fingerprint density at radius 3 is 2.55 bits per heavy atom. The van der Waals surface area contributed by atoms with Crippen molar-refractivity contribution in [3.63, 3.8) is 0 Å². The lowest BCUT2D eigenvalue weighted by Crippen LogP contribution is -2.30. The van der Waals surface area contributed by atoms with Gasteiger partial charge in [0.15, 0.2) is 11.5 Å². The second kappa shape index (κ2) is 9.65. The Balaban J connectivity index is 1.36. The van der Waals surface area contributed by atoms with Crippen LogP contribution in [0.1, 0.15) is 61.3 Å². The molecule has 0 spiro atoms. The number of amides is 2. The van der Waals surface area contributed by atoms with Gasteiger partial charge in [0.25, 0.3) is 11.8 Å². The molecule has 4 N–H and O–H groups in total. The largest absolute Gasteiger partial charge is 0.493 e. The molecule has 0 aliphatic carbocycles. The van der Waals surface area contributed by atoms with Gasteiger partial charge in [-0.15, -0.1) is 0 Å². The Bertz CT molecular complexity index is 1710. The monoisotopic (exact) mass is 514 g/mol. The molecule has 0 aliphatic rings. The standard InChI is InChI=1S/C26H22N6O6/c1-13(16-4-6-17(7-5-16)25(36)37)29-24(35)20-10-19(31-26-28-12-22(33)32(20)26)23(34)27-11-15-3-8-21-18(9-15)30-14(2)38-21/h3-10,12-13,33H,11H2,1-2H3,(H,27,34)(H,29,35)(H,36,37)/t13-/m0/s1. The van der Waals surface area contributed by atoms with Crippen molar-refractivity contribution in [3.05, 3.63) is 88.7 Å². The molecule has 0 radical (unpaired) electrons. The zero-order valence-corrected chi connectivity index (χ0v) is 20.3. The molecule has 0 fully saturated rings. The normalized spacial score (nSPS) is 11.9. The van der Waals surface area contributed by atoms with Crippen LogP contribution in [0.4, 0.5) is 0 Å². The van der Waals surface area contributed by atoms with Gasteiger partial charge in [-0.25, -0.2) is 24.1 Å². The molecule has 5 aromatic rings. The van der Waals surface area contributed by atoms with Crippen LogP contribution in [-0.2, 0) is 6.54 Å². The van der Waals surface area contributed by atoms with Gasteiger partial charge < -0.3 is 25.3 Å². The van der Waals surface area contributed by atoms with Crippen molar-refractivity contribution in [2.75, 3.05) is 0 Å². The first-order chi connectivity index (χ1) is 18.2. The number of rotatable bonds is 7. The molecule has 2 aromatic carbocycles. The minimum atomic E-state index is -1.05. The molecular formula is C26H22N6O6. The van der Waals surface area contributed by atoms with Gasteiger partial charge in [0.1, 0.15) is 16.9 Å². The molecule has 2 amide bonds. The van der Waals surface area contributed by atoms with Gasteiger partial charge >= 0.3 is 5.97 Å². The number of benzene rings is 2. The molecular weight excluding hydrogens is 492 g/mol. The highest BCUT2D eigenvalue weighted by Gasteiger charge is 2.21. The number of nitrogens with one attached hydrogen (secondary N) is 2. The van der Waals surface area contributed by atoms with E-state index < -0.39 is 23.8 Å². The van der Waals surface area contributed by atoms with Crippen molar-refractivity contribution in [2.24, 2.45) is 0 Å². The third kappa shape index (κ3) is 4.74. The Kier molecular flexibility index (Phi) is 6.21. The lowest BCUT2D eigenvalue weighted by Gasteiger charge is -2.16. The van der Waals surface area contributed by atoms with E-state index in [-0.39, 0.29) is 35.2 Å². The summed E-state index contributed by atoms with van der Waals surface area (Å²) in [4.78, 5) is 49.7. The Morgan fingerprint density at radius 2 is 1.82 bits per heavy atom. The van der Waals surface area contributed by atoms with E-state index in [0.717, 1.165) is 16.2 Å². The topological polar surface area (TPSA) is 172 Å². The second-order valence-corrected chi connectivity index (χ2v) is 8.62. The fraction of sp³-hybridized carbons (Fsp3) is 0.154. The van der Waals surface area contributed by atoms with Crippen LogP contribution in [0.15, 0.2) is 59.1 Å². The first-order valence-corrected chi connectivity index (χ1v) is 11.6. The van der Waals surface area contributed by atoms with Gasteiger partial charge in [-0.2, -0.15) is 0 Å². The number of aromatic hydroxyl groups is 1. The minimum absolute atomic E-state index is 0.0294. The smallest absolute Gasteiger partial charge is 0.335 e. The number of aryl methyl sites for hydroxylation is 1. The third-order valence-corrected chi connectivity index (χ3v) is 5.94. The highest BCUT2D eigenvalue weighted by molar-refractivity contribution is 5.98. The molecule has 3 heterocycles. The highest BCUT2D eigenvalue weighted by Crippen LogP contribution is 2.20. The SMILES string of the molecule is Cc1nc2cc(CNC(=O)c3cc(C(=O)N[C@@H](C)c4ccc(C(=O)O)cc4)n4c(O)cnc4n3)ccc2o1. The lowest BCUT2D eigenvalue weighted by atomic mass is 10.1. The van der Waals surface area contributed by atoms with E-state index in [2.05, 4.69) is 25.6 Å². The zero-order chi connectivity index (χ0) is 27.0. The number of oxazole rings is 1. The van der Waals surface area contributed by atoms with Gasteiger partial charge in [-0.1, -0.05) is 18.2 Å². The fourth-order valence-corrected chi connectivity index (χ4v) is 4.00. The summed E-state index contributed by atoms with van der Waals surface area (Å²) in [6.07, 6.45) is 1.13. The van der Waals surface area contributed by atoms with Crippen molar-refractivity contribution < 1.29 is 29.0 Å². The molecule has 0 aliphatic heterocycles. The number of aromatic carboxylic acids is 1. The van der Waals surface area contributed by atoms with E-state index in [1.165, 1.54) is 18.2 Å². The average Bonchev–Trinajstić information content (AvgIpc) is 3.47. The highest BCUT2D eigenvalue weighted by atomic mass is 16.4. The van der Waals surface area contributed by atoms with Crippen molar-refractivity contribution >= 4 is 34.7 Å². The minimum Gasteiger partial charge on any atom is -0.493 e. The number of imidazole rings is 1. The summed E-state index contributed by atoms with van der Waals surface area (Å²) in [5.74, 6) is -2.00. The van der Waals surface area contributed by atoms with E-state index in [4.69, 9.17) is 9.52 Å². The maximum atomic E-state index is 13.2. The van der Waals surface area contributed by atoms with Gasteiger partial charge in [0, 0.05) is 13.5 Å². The number of aromatic nitrogens is 4. The molecule has 38 heavy (non-hydrogen) atoms. The molecule has 0 saturated carbocycles. The van der Waals surface area contributed by atoms with Crippen LogP contribution in [-0.4, -0.2) is 47.3 Å². The number of hydrogen-bond donors (Lipinski definition) is 4. The summed E-state index contributed by atoms with van der Waals surface area (Å²) in [6, 6.07) is 12.2. The average molecular weight is 514 g/mol. The van der Waals surface area contributed by atoms with E-state index in [1.807, 2.05) is 0 Å². The summed E-state index contributed by atoms with van der Waals surface area (Å²) < 4.78 is 6.60. The molecule has 192 valence electrons. The lowest BCUT2D eigenvalue weighted by molar-refractivity contribution is 0.0696. The number of fused-ring (bicyclic) bond motifs is 2. The number of carbonyl (C=O) groups is 3. The second-order valence-electron chi connectivity index (χ2n) is 8.62. The predicted octanol–water partition coefficient (Wildman–Crippen LogP) is 3.00. The van der Waals surface area contributed by atoms with Gasteiger partial charge in [-0.3, -0.25) is 9.59 Å². The quantitative estimate of drug-likeness (QED) is 0.255. The van der Waals surface area contributed by atoms with Gasteiger partial charge in [0.2, 0.25) is 11.7 Å². The van der Waals surface area contributed by atoms with Crippen LogP contribution in [0.5, 0.6) is 5.88 Å². The Hall–Kier alpha value is -5.26. The number of hydrogen-bond acceptors (Lipinski definition) is 8. The number of nitrogens with zero attached hydrogens (tertiary/aromatic N) is 4. The van der Waals surface area contributed by atoms with E-state index in [9.17, 15) is 19.5 Å². The Labute approximate surface area is 215 Å². The molecule has 12 nitrogen and oxygen atoms in total. The molecule has 0 bridgehead atoms. The molecule has 5 rings (SSSR count). The fourth-order valence-electron chi connectivity index (χ4n) is 4.00. The maximum absolute atomic E-state index is 13.2. The molecule has 12 heteroatoms. The van der Waals surface area contributed by atoms with Gasteiger partial charge in [-0.05, 0) is 48.4 Å². The van der Waals surface area contributed by atoms with Gasteiger partial charge in [0.05, 0.1) is 17.8 Å².